The van der Waals surface area contributed by atoms with Crippen LogP contribution in [-0.4, -0.2) is 84.9 Å². The molecule has 2 aromatic carbocycles. The van der Waals surface area contributed by atoms with Crippen molar-refractivity contribution in [1.29, 1.82) is 0 Å². The Hall–Kier alpha value is -3.01. The molecule has 3 amide bonds. The summed E-state index contributed by atoms with van der Waals surface area (Å²) in [7, 11) is 1.66. The van der Waals surface area contributed by atoms with Crippen LogP contribution < -0.4 is 16.0 Å². The Balaban J connectivity index is 1.49. The zero-order chi connectivity index (χ0) is 30.1. The van der Waals surface area contributed by atoms with Gasteiger partial charge in [0.05, 0.1) is 12.1 Å². The van der Waals surface area contributed by atoms with E-state index in [0.29, 0.717) is 31.1 Å². The normalized spacial score (nSPS) is 20.6. The van der Waals surface area contributed by atoms with Crippen LogP contribution in [-0.2, 0) is 27.2 Å². The lowest BCUT2D eigenvalue weighted by Gasteiger charge is -2.45. The van der Waals surface area contributed by atoms with Gasteiger partial charge in [-0.05, 0) is 74.0 Å². The zero-order valence-electron chi connectivity index (χ0n) is 24.6. The zero-order valence-corrected chi connectivity index (χ0v) is 25.3. The van der Waals surface area contributed by atoms with Crippen molar-refractivity contribution >= 4 is 29.3 Å². The Bertz CT molecular complexity index is 1190. The summed E-state index contributed by atoms with van der Waals surface area (Å²) in [4.78, 5) is 44.3. The van der Waals surface area contributed by atoms with Gasteiger partial charge in [0, 0.05) is 44.2 Å². The van der Waals surface area contributed by atoms with Crippen LogP contribution in [0.5, 0.6) is 0 Å². The van der Waals surface area contributed by atoms with E-state index in [1.807, 2.05) is 29.2 Å². The highest BCUT2D eigenvalue weighted by molar-refractivity contribution is 6.30. The van der Waals surface area contributed by atoms with E-state index in [9.17, 15) is 18.8 Å². The molecule has 2 saturated heterocycles. The summed E-state index contributed by atoms with van der Waals surface area (Å²) >= 11 is 6.04. The van der Waals surface area contributed by atoms with Crippen molar-refractivity contribution in [2.75, 3.05) is 33.2 Å². The molecule has 3 N–H and O–H groups in total. The van der Waals surface area contributed by atoms with Gasteiger partial charge in [-0.3, -0.25) is 19.3 Å². The molecule has 0 radical (unpaired) electrons. The average Bonchev–Trinajstić information content (AvgIpc) is 3.54. The number of rotatable bonds is 12. The highest BCUT2D eigenvalue weighted by Crippen LogP contribution is 2.22. The van der Waals surface area contributed by atoms with Gasteiger partial charge in [-0.2, -0.15) is 0 Å². The summed E-state index contributed by atoms with van der Waals surface area (Å²) in [5.74, 6) is -0.701. The number of benzene rings is 2. The summed E-state index contributed by atoms with van der Waals surface area (Å²) < 4.78 is 13.6. The molecule has 2 aliphatic heterocycles. The Kier molecular flexibility index (Phi) is 11.7. The molecule has 2 fully saturated rings. The Morgan fingerprint density at radius 1 is 1.07 bits per heavy atom. The Morgan fingerprint density at radius 3 is 2.43 bits per heavy atom. The number of carbonyl (C=O) groups excluding carboxylic acids is 3. The molecule has 0 aliphatic carbocycles. The number of carbonyl (C=O) groups is 3. The molecular formula is C32H43ClFN5O3. The van der Waals surface area contributed by atoms with E-state index in [1.165, 1.54) is 12.1 Å². The van der Waals surface area contributed by atoms with Gasteiger partial charge in [-0.1, -0.05) is 49.2 Å². The van der Waals surface area contributed by atoms with Crippen molar-refractivity contribution < 1.29 is 18.8 Å². The second-order valence-corrected chi connectivity index (χ2v) is 11.7. The highest BCUT2D eigenvalue weighted by Gasteiger charge is 2.38. The summed E-state index contributed by atoms with van der Waals surface area (Å²) in [6.45, 7) is 4.43. The summed E-state index contributed by atoms with van der Waals surface area (Å²) in [6.07, 6.45) is 4.95. The SMILES string of the molecule is CCCC1CN(C(CCc2ccc(Cl)cc2)C(=O)NC)CCN1C(=O)C(Cc1ccc(F)cc1)NC(=O)C1CCCN1. The first-order valence-electron chi connectivity index (χ1n) is 15.1. The van der Waals surface area contributed by atoms with Gasteiger partial charge in [0.25, 0.3) is 0 Å². The fourth-order valence-electron chi connectivity index (χ4n) is 6.07. The molecule has 2 aliphatic rings. The third-order valence-electron chi connectivity index (χ3n) is 8.37. The van der Waals surface area contributed by atoms with E-state index < -0.39 is 6.04 Å². The van der Waals surface area contributed by atoms with E-state index in [1.54, 1.807) is 19.2 Å². The minimum atomic E-state index is -0.768. The van der Waals surface area contributed by atoms with Crippen LogP contribution in [0.25, 0.3) is 0 Å². The van der Waals surface area contributed by atoms with Gasteiger partial charge >= 0.3 is 0 Å². The summed E-state index contributed by atoms with van der Waals surface area (Å²) in [5, 5.41) is 9.72. The number of hydrogen-bond donors (Lipinski definition) is 3. The minimum Gasteiger partial charge on any atom is -0.358 e. The molecular weight excluding hydrogens is 557 g/mol. The van der Waals surface area contributed by atoms with E-state index in [0.717, 1.165) is 49.8 Å². The van der Waals surface area contributed by atoms with Gasteiger partial charge in [0.1, 0.15) is 11.9 Å². The van der Waals surface area contributed by atoms with Crippen LogP contribution in [0.1, 0.15) is 50.2 Å². The maximum absolute atomic E-state index is 14.1. The number of aryl methyl sites for hydroxylation is 1. The van der Waals surface area contributed by atoms with Crippen LogP contribution >= 0.6 is 11.6 Å². The minimum absolute atomic E-state index is 0.0375. The van der Waals surface area contributed by atoms with E-state index >= 15 is 0 Å². The van der Waals surface area contributed by atoms with Crippen molar-refractivity contribution in [3.05, 3.63) is 70.5 Å². The van der Waals surface area contributed by atoms with Gasteiger partial charge in [0.2, 0.25) is 17.7 Å². The fourth-order valence-corrected chi connectivity index (χ4v) is 6.20. The van der Waals surface area contributed by atoms with Gasteiger partial charge in [-0.25, -0.2) is 4.39 Å². The Labute approximate surface area is 253 Å². The average molecular weight is 600 g/mol. The van der Waals surface area contributed by atoms with Gasteiger partial charge in [0.15, 0.2) is 0 Å². The Morgan fingerprint density at radius 2 is 1.79 bits per heavy atom. The van der Waals surface area contributed by atoms with Crippen LogP contribution in [0.4, 0.5) is 4.39 Å². The standard InChI is InChI=1S/C32H43ClFN5O3/c1-3-5-26-21-38(29(31(41)35-2)16-11-22-7-12-24(33)13-8-22)18-19-39(26)32(42)28(20-23-9-14-25(34)15-10-23)37-30(40)27-6-4-17-36-27/h7-10,12-15,26-29,36H,3-6,11,16-21H2,1-2H3,(H,35,41)(H,37,40). The fraction of sp³-hybridized carbons (Fsp3) is 0.531. The summed E-state index contributed by atoms with van der Waals surface area (Å²) in [5.41, 5.74) is 1.89. The molecule has 228 valence electrons. The first-order valence-corrected chi connectivity index (χ1v) is 15.5. The molecule has 8 nitrogen and oxygen atoms in total. The first-order chi connectivity index (χ1) is 20.3. The number of hydrogen-bond acceptors (Lipinski definition) is 5. The molecule has 0 spiro atoms. The largest absolute Gasteiger partial charge is 0.358 e. The van der Waals surface area contributed by atoms with Gasteiger partial charge < -0.3 is 20.9 Å². The van der Waals surface area contributed by atoms with Crippen LogP contribution in [0.3, 0.4) is 0 Å². The number of amides is 3. The topological polar surface area (TPSA) is 93.8 Å². The molecule has 4 atom stereocenters. The van der Waals surface area contributed by atoms with Crippen LogP contribution in [0, 0.1) is 5.82 Å². The van der Waals surface area contributed by atoms with E-state index in [-0.39, 0.29) is 48.1 Å². The van der Waals surface area contributed by atoms with Crippen LogP contribution in [0.2, 0.25) is 5.02 Å². The lowest BCUT2D eigenvalue weighted by atomic mass is 9.98. The van der Waals surface area contributed by atoms with Crippen molar-refractivity contribution in [3.8, 4) is 0 Å². The van der Waals surface area contributed by atoms with Crippen molar-refractivity contribution in [2.24, 2.45) is 0 Å². The van der Waals surface area contributed by atoms with Crippen molar-refractivity contribution in [1.82, 2.24) is 25.8 Å². The third-order valence-corrected chi connectivity index (χ3v) is 8.63. The monoisotopic (exact) mass is 599 g/mol. The molecule has 0 bridgehead atoms. The maximum Gasteiger partial charge on any atom is 0.245 e. The quantitative estimate of drug-likeness (QED) is 0.348. The smallest absolute Gasteiger partial charge is 0.245 e. The number of nitrogens with zero attached hydrogens (tertiary/aromatic N) is 2. The first kappa shape index (κ1) is 31.9. The molecule has 42 heavy (non-hydrogen) atoms. The number of likely N-dealkylation sites (N-methyl/N-ethyl adjacent to an activating group) is 1. The molecule has 4 rings (SSSR count). The second-order valence-electron chi connectivity index (χ2n) is 11.3. The van der Waals surface area contributed by atoms with E-state index in [2.05, 4.69) is 27.8 Å². The predicted molar refractivity (Wildman–Crippen MR) is 163 cm³/mol. The molecule has 0 aromatic heterocycles. The molecule has 4 unspecified atom stereocenters. The van der Waals surface area contributed by atoms with Gasteiger partial charge in [-0.15, -0.1) is 0 Å². The van der Waals surface area contributed by atoms with Crippen molar-refractivity contribution in [3.63, 3.8) is 0 Å². The second kappa shape index (κ2) is 15.5. The maximum atomic E-state index is 14.1. The number of nitrogens with one attached hydrogen (secondary N) is 3. The number of halogens is 2. The predicted octanol–water partition coefficient (Wildman–Crippen LogP) is 3.32. The summed E-state index contributed by atoms with van der Waals surface area (Å²) in [6, 6.07) is 12.2. The van der Waals surface area contributed by atoms with Crippen LogP contribution in [0.15, 0.2) is 48.5 Å². The third kappa shape index (κ3) is 8.52. The molecule has 10 heteroatoms. The van der Waals surface area contributed by atoms with E-state index in [4.69, 9.17) is 11.6 Å². The molecule has 2 aromatic rings. The highest BCUT2D eigenvalue weighted by atomic mass is 35.5. The lowest BCUT2D eigenvalue weighted by Crippen LogP contribution is -2.63. The van der Waals surface area contributed by atoms with Crippen molar-refractivity contribution in [2.45, 2.75) is 76.0 Å². The number of piperazine rings is 1. The lowest BCUT2D eigenvalue weighted by molar-refractivity contribution is -0.142. The molecule has 0 saturated carbocycles. The molecule has 2 heterocycles.